The van der Waals surface area contributed by atoms with Gasteiger partial charge in [-0.05, 0) is 26.3 Å². The van der Waals surface area contributed by atoms with Crippen LogP contribution < -0.4 is 5.32 Å². The molecule has 0 aromatic heterocycles. The smallest absolute Gasteiger partial charge is 0.0953 e. The minimum Gasteiger partial charge on any atom is -0.368 e. The second kappa shape index (κ2) is 4.33. The maximum Gasteiger partial charge on any atom is 0.0953 e. The van der Waals surface area contributed by atoms with Gasteiger partial charge in [0.2, 0.25) is 0 Å². The van der Waals surface area contributed by atoms with Gasteiger partial charge in [-0.15, -0.1) is 0 Å². The van der Waals surface area contributed by atoms with E-state index in [4.69, 9.17) is 4.74 Å². The van der Waals surface area contributed by atoms with Gasteiger partial charge in [-0.25, -0.2) is 0 Å². The molecule has 1 saturated heterocycles. The van der Waals surface area contributed by atoms with Gasteiger partial charge in [0, 0.05) is 12.6 Å². The Morgan fingerprint density at radius 1 is 1.33 bits per heavy atom. The summed E-state index contributed by atoms with van der Waals surface area (Å²) in [6, 6.07) is 9.01. The molecular formula is C13H19NO. The first-order valence-electron chi connectivity index (χ1n) is 5.62. The highest BCUT2D eigenvalue weighted by atomic mass is 16.5. The molecule has 0 bridgehead atoms. The Morgan fingerprint density at radius 2 is 2.13 bits per heavy atom. The summed E-state index contributed by atoms with van der Waals surface area (Å²) in [5.74, 6) is 0. The summed E-state index contributed by atoms with van der Waals surface area (Å²) in [5.41, 5.74) is 2.57. The van der Waals surface area contributed by atoms with Crippen molar-refractivity contribution in [1.82, 2.24) is 5.32 Å². The molecule has 0 amide bonds. The average molecular weight is 205 g/mol. The number of hydrogen-bond acceptors (Lipinski definition) is 2. The van der Waals surface area contributed by atoms with Crippen LogP contribution in [0.15, 0.2) is 24.3 Å². The number of hydrogen-bond donors (Lipinski definition) is 1. The molecule has 3 atom stereocenters. The molecule has 0 aliphatic carbocycles. The lowest BCUT2D eigenvalue weighted by Gasteiger charge is -2.34. The second-order valence-electron chi connectivity index (χ2n) is 4.44. The fourth-order valence-corrected chi connectivity index (χ4v) is 1.95. The molecule has 3 unspecified atom stereocenters. The average Bonchev–Trinajstić information content (AvgIpc) is 2.22. The zero-order valence-electron chi connectivity index (χ0n) is 9.66. The van der Waals surface area contributed by atoms with E-state index in [1.165, 1.54) is 11.1 Å². The Balaban J connectivity index is 2.12. The number of benzene rings is 1. The Bertz CT molecular complexity index is 337. The van der Waals surface area contributed by atoms with E-state index in [9.17, 15) is 0 Å². The van der Waals surface area contributed by atoms with Crippen LogP contribution in [0, 0.1) is 6.92 Å². The van der Waals surface area contributed by atoms with Crippen molar-refractivity contribution in [1.29, 1.82) is 0 Å². The first-order chi connectivity index (χ1) is 7.16. The minimum atomic E-state index is 0.205. The van der Waals surface area contributed by atoms with Crippen LogP contribution in [-0.2, 0) is 4.74 Å². The van der Waals surface area contributed by atoms with Gasteiger partial charge < -0.3 is 10.1 Å². The van der Waals surface area contributed by atoms with Crippen molar-refractivity contribution in [2.75, 3.05) is 6.54 Å². The molecule has 2 rings (SSSR count). The van der Waals surface area contributed by atoms with E-state index in [2.05, 4.69) is 50.4 Å². The predicted molar refractivity (Wildman–Crippen MR) is 61.9 cm³/mol. The zero-order chi connectivity index (χ0) is 10.8. The largest absolute Gasteiger partial charge is 0.368 e. The first kappa shape index (κ1) is 10.7. The van der Waals surface area contributed by atoms with Crippen LogP contribution in [0.4, 0.5) is 0 Å². The molecule has 15 heavy (non-hydrogen) atoms. The molecule has 1 aromatic rings. The van der Waals surface area contributed by atoms with E-state index < -0.39 is 0 Å². The van der Waals surface area contributed by atoms with Crippen LogP contribution in [0.5, 0.6) is 0 Å². The summed E-state index contributed by atoms with van der Waals surface area (Å²) in [7, 11) is 0. The fourth-order valence-electron chi connectivity index (χ4n) is 1.95. The van der Waals surface area contributed by atoms with E-state index in [1.54, 1.807) is 0 Å². The normalized spacial score (nSPS) is 31.5. The van der Waals surface area contributed by atoms with Gasteiger partial charge in [-0.3, -0.25) is 0 Å². The lowest BCUT2D eigenvalue weighted by molar-refractivity contribution is -0.0509. The monoisotopic (exact) mass is 205 g/mol. The molecule has 1 heterocycles. The number of morpholine rings is 1. The second-order valence-corrected chi connectivity index (χ2v) is 4.44. The number of nitrogens with one attached hydrogen (secondary N) is 1. The van der Waals surface area contributed by atoms with Crippen molar-refractivity contribution in [3.63, 3.8) is 0 Å². The highest BCUT2D eigenvalue weighted by Gasteiger charge is 2.25. The van der Waals surface area contributed by atoms with E-state index in [1.807, 2.05) is 0 Å². The van der Waals surface area contributed by atoms with Crippen molar-refractivity contribution >= 4 is 0 Å². The van der Waals surface area contributed by atoms with Gasteiger partial charge in [-0.1, -0.05) is 29.8 Å². The molecule has 0 saturated carbocycles. The maximum absolute atomic E-state index is 5.98. The molecule has 0 spiro atoms. The summed E-state index contributed by atoms with van der Waals surface area (Å²) in [6.07, 6.45) is 0.486. The minimum absolute atomic E-state index is 0.205. The van der Waals surface area contributed by atoms with Crippen molar-refractivity contribution in [3.05, 3.63) is 35.4 Å². The highest BCUT2D eigenvalue weighted by molar-refractivity contribution is 5.24. The Morgan fingerprint density at radius 3 is 2.80 bits per heavy atom. The highest BCUT2D eigenvalue weighted by Crippen LogP contribution is 2.23. The van der Waals surface area contributed by atoms with Crippen molar-refractivity contribution in [3.8, 4) is 0 Å². The molecule has 2 heteroatoms. The van der Waals surface area contributed by atoms with Crippen molar-refractivity contribution in [2.45, 2.75) is 39.0 Å². The molecule has 82 valence electrons. The lowest BCUT2D eigenvalue weighted by Crippen LogP contribution is -2.46. The Labute approximate surface area is 91.6 Å². The third-order valence-corrected chi connectivity index (χ3v) is 3.12. The van der Waals surface area contributed by atoms with E-state index in [0.29, 0.717) is 6.04 Å². The number of rotatable bonds is 1. The van der Waals surface area contributed by atoms with E-state index in [-0.39, 0.29) is 12.2 Å². The van der Waals surface area contributed by atoms with Crippen LogP contribution in [0.3, 0.4) is 0 Å². The fraction of sp³-hybridized carbons (Fsp3) is 0.538. The van der Waals surface area contributed by atoms with Gasteiger partial charge in [-0.2, -0.15) is 0 Å². The third kappa shape index (κ3) is 2.39. The standard InChI is InChI=1S/C13H19NO/c1-9-5-4-6-12(7-9)13-8-14-10(2)11(3)15-13/h4-7,10-11,13-14H,8H2,1-3H3. The van der Waals surface area contributed by atoms with Gasteiger partial charge in [0.15, 0.2) is 0 Å². The predicted octanol–water partition coefficient (Wildman–Crippen LogP) is 2.43. The summed E-state index contributed by atoms with van der Waals surface area (Å²) >= 11 is 0. The van der Waals surface area contributed by atoms with Crippen LogP contribution in [-0.4, -0.2) is 18.7 Å². The Hall–Kier alpha value is -0.860. The third-order valence-electron chi connectivity index (χ3n) is 3.12. The molecule has 0 radical (unpaired) electrons. The molecule has 1 aliphatic rings. The molecule has 1 N–H and O–H groups in total. The first-order valence-corrected chi connectivity index (χ1v) is 5.62. The molecule has 1 fully saturated rings. The summed E-state index contributed by atoms with van der Waals surface area (Å²) < 4.78 is 5.98. The van der Waals surface area contributed by atoms with Crippen LogP contribution in [0.1, 0.15) is 31.1 Å². The van der Waals surface area contributed by atoms with Crippen molar-refractivity contribution < 1.29 is 4.74 Å². The number of aryl methyl sites for hydroxylation is 1. The van der Waals surface area contributed by atoms with Crippen molar-refractivity contribution in [2.24, 2.45) is 0 Å². The molecule has 1 aromatic carbocycles. The zero-order valence-corrected chi connectivity index (χ0v) is 9.66. The maximum atomic E-state index is 5.98. The van der Waals surface area contributed by atoms with Gasteiger partial charge in [0.1, 0.15) is 0 Å². The molecule has 2 nitrogen and oxygen atoms in total. The van der Waals surface area contributed by atoms with E-state index in [0.717, 1.165) is 6.54 Å². The SMILES string of the molecule is Cc1cccc(C2CNC(C)C(C)O2)c1. The molecular weight excluding hydrogens is 186 g/mol. The topological polar surface area (TPSA) is 21.3 Å². The lowest BCUT2D eigenvalue weighted by atomic mass is 10.0. The van der Waals surface area contributed by atoms with Gasteiger partial charge >= 0.3 is 0 Å². The summed E-state index contributed by atoms with van der Waals surface area (Å²) in [5, 5.41) is 3.47. The quantitative estimate of drug-likeness (QED) is 0.760. The Kier molecular flexibility index (Phi) is 3.08. The van der Waals surface area contributed by atoms with Crippen LogP contribution in [0.2, 0.25) is 0 Å². The number of ether oxygens (including phenoxy) is 1. The van der Waals surface area contributed by atoms with Crippen LogP contribution >= 0.6 is 0 Å². The van der Waals surface area contributed by atoms with Gasteiger partial charge in [0.25, 0.3) is 0 Å². The molecule has 1 aliphatic heterocycles. The van der Waals surface area contributed by atoms with Gasteiger partial charge in [0.05, 0.1) is 12.2 Å². The van der Waals surface area contributed by atoms with Crippen LogP contribution in [0.25, 0.3) is 0 Å². The van der Waals surface area contributed by atoms with E-state index >= 15 is 0 Å². The summed E-state index contributed by atoms with van der Waals surface area (Å²) in [4.78, 5) is 0. The summed E-state index contributed by atoms with van der Waals surface area (Å²) in [6.45, 7) is 7.32.